The van der Waals surface area contributed by atoms with Gasteiger partial charge in [-0.15, -0.1) is 0 Å². The fraction of sp³-hybridized carbons (Fsp3) is 0.615. The van der Waals surface area contributed by atoms with E-state index in [0.29, 0.717) is 6.42 Å². The first-order chi connectivity index (χ1) is 6.83. The average molecular weight is 208 g/mol. The minimum Gasteiger partial charge on any atom is -0.389 e. The van der Waals surface area contributed by atoms with Crippen molar-refractivity contribution >= 4 is 5.78 Å². The highest BCUT2D eigenvalue weighted by Crippen LogP contribution is 2.40. The molecular formula is C13H20O2. The quantitative estimate of drug-likeness (QED) is 0.708. The molecule has 0 amide bonds. The van der Waals surface area contributed by atoms with E-state index in [2.05, 4.69) is 13.8 Å². The van der Waals surface area contributed by atoms with Crippen molar-refractivity contribution in [2.45, 2.75) is 40.2 Å². The van der Waals surface area contributed by atoms with E-state index in [4.69, 9.17) is 0 Å². The summed E-state index contributed by atoms with van der Waals surface area (Å²) in [7, 11) is 0. The number of allylic oxidation sites excluding steroid dienone is 3. The molecule has 0 unspecified atom stereocenters. The lowest BCUT2D eigenvalue weighted by Crippen LogP contribution is -2.30. The van der Waals surface area contributed by atoms with Crippen molar-refractivity contribution in [3.05, 3.63) is 23.8 Å². The van der Waals surface area contributed by atoms with Gasteiger partial charge in [0.05, 0.1) is 6.10 Å². The number of carbonyl (C=O) groups is 1. The summed E-state index contributed by atoms with van der Waals surface area (Å²) in [4.78, 5) is 11.4. The number of aliphatic hydroxyl groups excluding tert-OH is 1. The molecule has 0 saturated carbocycles. The lowest BCUT2D eigenvalue weighted by molar-refractivity contribution is -0.117. The zero-order chi connectivity index (χ0) is 11.6. The van der Waals surface area contributed by atoms with E-state index in [-0.39, 0.29) is 17.1 Å². The summed E-state index contributed by atoms with van der Waals surface area (Å²) in [6.45, 7) is 7.91. The van der Waals surface area contributed by atoms with E-state index in [1.165, 1.54) is 0 Å². The van der Waals surface area contributed by atoms with Crippen LogP contribution >= 0.6 is 0 Å². The molecule has 1 aliphatic rings. The first-order valence-corrected chi connectivity index (χ1v) is 5.40. The third kappa shape index (κ3) is 3.03. The number of hydrogen-bond acceptors (Lipinski definition) is 2. The molecule has 0 spiro atoms. The minimum absolute atomic E-state index is 0.0404. The molecule has 0 saturated heterocycles. The van der Waals surface area contributed by atoms with E-state index < -0.39 is 6.10 Å². The molecule has 0 aliphatic heterocycles. The van der Waals surface area contributed by atoms with Crippen LogP contribution in [0.4, 0.5) is 0 Å². The molecule has 1 rings (SSSR count). The number of rotatable bonds is 2. The summed E-state index contributed by atoms with van der Waals surface area (Å²) in [5.41, 5.74) is 1.05. The van der Waals surface area contributed by atoms with Gasteiger partial charge in [0.25, 0.3) is 0 Å². The Hall–Kier alpha value is -0.890. The van der Waals surface area contributed by atoms with Crippen LogP contribution in [0.5, 0.6) is 0 Å². The molecule has 2 heteroatoms. The van der Waals surface area contributed by atoms with Gasteiger partial charge < -0.3 is 5.11 Å². The highest BCUT2D eigenvalue weighted by molar-refractivity contribution is 5.92. The molecule has 2 atom stereocenters. The Kier molecular flexibility index (Phi) is 3.50. The Morgan fingerprint density at radius 1 is 1.60 bits per heavy atom. The maximum Gasteiger partial charge on any atom is 0.156 e. The number of hydrogen-bond donors (Lipinski definition) is 1. The van der Waals surface area contributed by atoms with Gasteiger partial charge in [0, 0.05) is 12.3 Å². The van der Waals surface area contributed by atoms with Crippen molar-refractivity contribution in [2.24, 2.45) is 11.3 Å². The highest BCUT2D eigenvalue weighted by Gasteiger charge is 2.34. The number of carbonyl (C=O) groups excluding carboxylic acids is 1. The summed E-state index contributed by atoms with van der Waals surface area (Å²) in [5, 5.41) is 9.22. The largest absolute Gasteiger partial charge is 0.389 e. The minimum atomic E-state index is -0.425. The van der Waals surface area contributed by atoms with Gasteiger partial charge >= 0.3 is 0 Å². The third-order valence-corrected chi connectivity index (χ3v) is 2.93. The lowest BCUT2D eigenvalue weighted by Gasteiger charge is -2.35. The molecule has 84 valence electrons. The maximum atomic E-state index is 11.4. The monoisotopic (exact) mass is 208 g/mol. The van der Waals surface area contributed by atoms with Gasteiger partial charge in [-0.25, -0.2) is 0 Å². The third-order valence-electron chi connectivity index (χ3n) is 2.93. The Morgan fingerprint density at radius 2 is 2.20 bits per heavy atom. The molecule has 0 aromatic heterocycles. The second kappa shape index (κ2) is 4.31. The van der Waals surface area contributed by atoms with Crippen LogP contribution in [0.2, 0.25) is 0 Å². The van der Waals surface area contributed by atoms with Gasteiger partial charge in [0.15, 0.2) is 5.78 Å². The topological polar surface area (TPSA) is 37.3 Å². The van der Waals surface area contributed by atoms with Gasteiger partial charge in [-0.2, -0.15) is 0 Å². The van der Waals surface area contributed by atoms with Crippen molar-refractivity contribution in [2.75, 3.05) is 0 Å². The Balaban J connectivity index is 2.94. The van der Waals surface area contributed by atoms with Crippen molar-refractivity contribution < 1.29 is 9.90 Å². The smallest absolute Gasteiger partial charge is 0.156 e. The summed E-state index contributed by atoms with van der Waals surface area (Å²) >= 11 is 0. The number of aliphatic hydroxyl groups is 1. The zero-order valence-electron chi connectivity index (χ0n) is 9.95. The SMILES string of the molecule is CC1=CC(=O)CC(C)(C)[C@H]1/C=C/[C@H](C)O. The Morgan fingerprint density at radius 3 is 2.67 bits per heavy atom. The Bertz CT molecular complexity index is 308. The van der Waals surface area contributed by atoms with Gasteiger partial charge in [-0.3, -0.25) is 4.79 Å². The van der Waals surface area contributed by atoms with Crippen LogP contribution < -0.4 is 0 Å². The molecule has 0 radical (unpaired) electrons. The maximum absolute atomic E-state index is 11.4. The van der Waals surface area contributed by atoms with Crippen LogP contribution in [0.3, 0.4) is 0 Å². The summed E-state index contributed by atoms with van der Waals surface area (Å²) in [6, 6.07) is 0. The van der Waals surface area contributed by atoms with E-state index in [0.717, 1.165) is 5.57 Å². The molecule has 1 N–H and O–H groups in total. The second-order valence-electron chi connectivity index (χ2n) is 5.12. The van der Waals surface area contributed by atoms with Gasteiger partial charge in [0.2, 0.25) is 0 Å². The summed E-state index contributed by atoms with van der Waals surface area (Å²) < 4.78 is 0. The predicted molar refractivity (Wildman–Crippen MR) is 61.5 cm³/mol. The first kappa shape index (κ1) is 12.2. The van der Waals surface area contributed by atoms with Crippen LogP contribution in [0.1, 0.15) is 34.1 Å². The second-order valence-corrected chi connectivity index (χ2v) is 5.12. The van der Waals surface area contributed by atoms with Crippen LogP contribution in [0.15, 0.2) is 23.8 Å². The van der Waals surface area contributed by atoms with E-state index in [1.54, 1.807) is 19.1 Å². The fourth-order valence-electron chi connectivity index (χ4n) is 2.25. The number of ketones is 1. The van der Waals surface area contributed by atoms with Crippen molar-refractivity contribution in [3.63, 3.8) is 0 Å². The van der Waals surface area contributed by atoms with Gasteiger partial charge in [0.1, 0.15) is 0 Å². The molecule has 15 heavy (non-hydrogen) atoms. The fourth-order valence-corrected chi connectivity index (χ4v) is 2.25. The summed E-state index contributed by atoms with van der Waals surface area (Å²) in [6.07, 6.45) is 5.69. The molecule has 0 aromatic rings. The van der Waals surface area contributed by atoms with Gasteiger partial charge in [-0.1, -0.05) is 31.6 Å². The molecule has 0 heterocycles. The van der Waals surface area contributed by atoms with Crippen LogP contribution in [-0.4, -0.2) is 17.0 Å². The summed E-state index contributed by atoms with van der Waals surface area (Å²) in [5.74, 6) is 0.462. The lowest BCUT2D eigenvalue weighted by atomic mass is 9.68. The van der Waals surface area contributed by atoms with E-state index in [1.807, 2.05) is 13.0 Å². The zero-order valence-corrected chi connectivity index (χ0v) is 9.95. The van der Waals surface area contributed by atoms with Crippen LogP contribution in [-0.2, 0) is 4.79 Å². The molecule has 0 aromatic carbocycles. The average Bonchev–Trinajstić information content (AvgIpc) is 1.98. The molecule has 0 bridgehead atoms. The van der Waals surface area contributed by atoms with Crippen molar-refractivity contribution in [3.8, 4) is 0 Å². The van der Waals surface area contributed by atoms with Crippen molar-refractivity contribution in [1.82, 2.24) is 0 Å². The first-order valence-electron chi connectivity index (χ1n) is 5.40. The van der Waals surface area contributed by atoms with Crippen LogP contribution in [0, 0.1) is 11.3 Å². The van der Waals surface area contributed by atoms with Crippen molar-refractivity contribution in [1.29, 1.82) is 0 Å². The van der Waals surface area contributed by atoms with E-state index >= 15 is 0 Å². The molecule has 2 nitrogen and oxygen atoms in total. The predicted octanol–water partition coefficient (Wildman–Crippen LogP) is 2.48. The standard InChI is InChI=1S/C13H20O2/c1-9-7-11(15)8-13(3,4)12(9)6-5-10(2)14/h5-7,10,12,14H,8H2,1-4H3/b6-5+/t10-,12-/m0/s1. The Labute approximate surface area is 91.7 Å². The highest BCUT2D eigenvalue weighted by atomic mass is 16.3. The molecular weight excluding hydrogens is 188 g/mol. The molecule has 1 aliphatic carbocycles. The van der Waals surface area contributed by atoms with E-state index in [9.17, 15) is 9.90 Å². The van der Waals surface area contributed by atoms with Crippen LogP contribution in [0.25, 0.3) is 0 Å². The molecule has 0 fully saturated rings. The van der Waals surface area contributed by atoms with Gasteiger partial charge in [-0.05, 0) is 25.3 Å². The normalized spacial score (nSPS) is 27.9.